The summed E-state index contributed by atoms with van der Waals surface area (Å²) in [6.45, 7) is 0.744. The fourth-order valence-electron chi connectivity index (χ4n) is 2.39. The number of nitro benzene ring substituents is 1. The van der Waals surface area contributed by atoms with Crippen molar-refractivity contribution in [1.82, 2.24) is 0 Å². The highest BCUT2D eigenvalue weighted by atomic mass is 35.5. The predicted octanol–water partition coefficient (Wildman–Crippen LogP) is 2.60. The van der Waals surface area contributed by atoms with E-state index < -0.39 is 4.92 Å². The van der Waals surface area contributed by atoms with Crippen molar-refractivity contribution in [2.24, 2.45) is 0 Å². The van der Waals surface area contributed by atoms with Gasteiger partial charge in [0.05, 0.1) is 17.6 Å². The predicted molar refractivity (Wildman–Crippen MR) is 70.2 cm³/mol. The molecule has 5 nitrogen and oxygen atoms in total. The van der Waals surface area contributed by atoms with Gasteiger partial charge in [0.1, 0.15) is 5.69 Å². The van der Waals surface area contributed by atoms with Crippen LogP contribution in [0.1, 0.15) is 19.3 Å². The number of hydrogen-bond acceptors (Lipinski definition) is 4. The molecule has 98 valence electrons. The summed E-state index contributed by atoms with van der Waals surface area (Å²) in [5, 5.41) is 20.8. The third-order valence-corrected chi connectivity index (χ3v) is 3.52. The van der Waals surface area contributed by atoms with E-state index in [1.54, 1.807) is 12.1 Å². The van der Waals surface area contributed by atoms with Gasteiger partial charge in [-0.3, -0.25) is 10.1 Å². The molecule has 0 spiro atoms. The summed E-state index contributed by atoms with van der Waals surface area (Å²) in [5.74, 6) is 0. The quantitative estimate of drug-likeness (QED) is 0.677. The minimum Gasteiger partial charge on any atom is -0.394 e. The highest BCUT2D eigenvalue weighted by Crippen LogP contribution is 2.34. The molecule has 1 aromatic rings. The molecule has 6 heteroatoms. The first-order valence-corrected chi connectivity index (χ1v) is 6.32. The lowest BCUT2D eigenvalue weighted by molar-refractivity contribution is -0.384. The maximum atomic E-state index is 11.1. The van der Waals surface area contributed by atoms with Crippen LogP contribution in [-0.2, 0) is 0 Å². The number of aliphatic hydroxyl groups is 1. The molecule has 1 aliphatic heterocycles. The van der Waals surface area contributed by atoms with Gasteiger partial charge in [0.15, 0.2) is 0 Å². The minimum atomic E-state index is -0.426. The maximum Gasteiger partial charge on any atom is 0.294 e. The lowest BCUT2D eigenvalue weighted by Crippen LogP contribution is -2.42. The van der Waals surface area contributed by atoms with Crippen molar-refractivity contribution in [3.05, 3.63) is 33.3 Å². The van der Waals surface area contributed by atoms with Gasteiger partial charge < -0.3 is 10.0 Å². The second kappa shape index (κ2) is 5.54. The number of anilines is 1. The van der Waals surface area contributed by atoms with Crippen molar-refractivity contribution < 1.29 is 10.0 Å². The Hall–Kier alpha value is -1.33. The number of aliphatic hydroxyl groups excluding tert-OH is 1. The standard InChI is InChI=1S/C12H15ClN2O3/c13-9-4-5-11(12(7-9)15(17)18)14-6-2-1-3-10(14)8-16/h4-5,7,10,16H,1-3,6,8H2. The third-order valence-electron chi connectivity index (χ3n) is 3.28. The lowest BCUT2D eigenvalue weighted by atomic mass is 10.0. The first kappa shape index (κ1) is 13.1. The topological polar surface area (TPSA) is 66.6 Å². The molecule has 0 saturated carbocycles. The van der Waals surface area contributed by atoms with E-state index >= 15 is 0 Å². The Morgan fingerprint density at radius 2 is 2.28 bits per heavy atom. The molecule has 1 aromatic carbocycles. The van der Waals surface area contributed by atoms with Gasteiger partial charge >= 0.3 is 0 Å². The van der Waals surface area contributed by atoms with E-state index in [9.17, 15) is 15.2 Å². The van der Waals surface area contributed by atoms with E-state index in [1.165, 1.54) is 6.07 Å². The number of halogens is 1. The van der Waals surface area contributed by atoms with Gasteiger partial charge in [-0.1, -0.05) is 11.6 Å². The van der Waals surface area contributed by atoms with Crippen LogP contribution in [0.2, 0.25) is 5.02 Å². The van der Waals surface area contributed by atoms with Crippen molar-refractivity contribution in [3.8, 4) is 0 Å². The van der Waals surface area contributed by atoms with E-state index in [0.717, 1.165) is 25.8 Å². The number of nitro groups is 1. The lowest BCUT2D eigenvalue weighted by Gasteiger charge is -2.36. The highest BCUT2D eigenvalue weighted by Gasteiger charge is 2.27. The van der Waals surface area contributed by atoms with Crippen molar-refractivity contribution in [2.45, 2.75) is 25.3 Å². The molecular formula is C12H15ClN2O3. The van der Waals surface area contributed by atoms with Crippen molar-refractivity contribution in [1.29, 1.82) is 0 Å². The molecule has 1 aliphatic rings. The van der Waals surface area contributed by atoms with Crippen LogP contribution in [0, 0.1) is 10.1 Å². The molecule has 0 amide bonds. The Kier molecular flexibility index (Phi) is 4.04. The van der Waals surface area contributed by atoms with E-state index in [4.69, 9.17) is 11.6 Å². The normalized spacial score (nSPS) is 19.9. The number of rotatable bonds is 3. The van der Waals surface area contributed by atoms with E-state index in [2.05, 4.69) is 0 Å². The van der Waals surface area contributed by atoms with E-state index in [1.807, 2.05) is 4.90 Å². The molecule has 0 bridgehead atoms. The number of piperidine rings is 1. The first-order valence-electron chi connectivity index (χ1n) is 5.95. The van der Waals surface area contributed by atoms with Gasteiger partial charge in [0, 0.05) is 17.6 Å². The van der Waals surface area contributed by atoms with Gasteiger partial charge in [0.2, 0.25) is 0 Å². The Bertz CT molecular complexity index is 453. The van der Waals surface area contributed by atoms with Crippen LogP contribution in [-0.4, -0.2) is 29.2 Å². The molecule has 1 N–H and O–H groups in total. The summed E-state index contributed by atoms with van der Waals surface area (Å²) in [4.78, 5) is 12.6. The monoisotopic (exact) mass is 270 g/mol. The molecule has 0 aromatic heterocycles. The summed E-state index contributed by atoms with van der Waals surface area (Å²) in [7, 11) is 0. The van der Waals surface area contributed by atoms with Crippen LogP contribution in [0.15, 0.2) is 18.2 Å². The Labute approximate surface area is 110 Å². The first-order chi connectivity index (χ1) is 8.63. The number of benzene rings is 1. The largest absolute Gasteiger partial charge is 0.394 e. The zero-order chi connectivity index (χ0) is 13.1. The molecule has 0 radical (unpaired) electrons. The Morgan fingerprint density at radius 1 is 1.50 bits per heavy atom. The molecule has 1 unspecified atom stereocenters. The third kappa shape index (κ3) is 2.57. The SMILES string of the molecule is O=[N+]([O-])c1cc(Cl)ccc1N1CCCCC1CO. The van der Waals surface area contributed by atoms with Crippen molar-refractivity contribution >= 4 is 23.0 Å². The molecule has 1 fully saturated rings. The van der Waals surface area contributed by atoms with Gasteiger partial charge in [-0.15, -0.1) is 0 Å². The van der Waals surface area contributed by atoms with Crippen LogP contribution >= 0.6 is 11.6 Å². The zero-order valence-corrected chi connectivity index (χ0v) is 10.6. The molecule has 18 heavy (non-hydrogen) atoms. The molecule has 1 atom stereocenters. The summed E-state index contributed by atoms with van der Waals surface area (Å²) >= 11 is 5.80. The van der Waals surface area contributed by atoms with Crippen LogP contribution in [0.3, 0.4) is 0 Å². The average molecular weight is 271 g/mol. The second-order valence-electron chi connectivity index (χ2n) is 4.42. The summed E-state index contributed by atoms with van der Waals surface area (Å²) in [6, 6.07) is 4.63. The number of hydrogen-bond donors (Lipinski definition) is 1. The summed E-state index contributed by atoms with van der Waals surface area (Å²) in [5.41, 5.74) is 0.547. The second-order valence-corrected chi connectivity index (χ2v) is 4.85. The fourth-order valence-corrected chi connectivity index (χ4v) is 2.56. The fraction of sp³-hybridized carbons (Fsp3) is 0.500. The van der Waals surface area contributed by atoms with Crippen LogP contribution in [0.5, 0.6) is 0 Å². The summed E-state index contributed by atoms with van der Waals surface area (Å²) < 4.78 is 0. The van der Waals surface area contributed by atoms with Crippen LogP contribution < -0.4 is 4.90 Å². The van der Waals surface area contributed by atoms with Gasteiger partial charge in [-0.2, -0.15) is 0 Å². The number of nitrogens with zero attached hydrogens (tertiary/aromatic N) is 2. The Morgan fingerprint density at radius 3 is 2.94 bits per heavy atom. The molecule has 0 aliphatic carbocycles. The van der Waals surface area contributed by atoms with E-state index in [-0.39, 0.29) is 18.3 Å². The van der Waals surface area contributed by atoms with Gasteiger partial charge in [-0.05, 0) is 31.4 Å². The van der Waals surface area contributed by atoms with Gasteiger partial charge in [0.25, 0.3) is 5.69 Å². The van der Waals surface area contributed by atoms with Crippen LogP contribution in [0.25, 0.3) is 0 Å². The minimum absolute atomic E-state index is 0.00264. The maximum absolute atomic E-state index is 11.1. The molecule has 1 saturated heterocycles. The molecule has 1 heterocycles. The highest BCUT2D eigenvalue weighted by molar-refractivity contribution is 6.30. The van der Waals surface area contributed by atoms with Crippen molar-refractivity contribution in [2.75, 3.05) is 18.1 Å². The zero-order valence-electron chi connectivity index (χ0n) is 9.88. The molecular weight excluding hydrogens is 256 g/mol. The van der Waals surface area contributed by atoms with Gasteiger partial charge in [-0.25, -0.2) is 0 Å². The smallest absolute Gasteiger partial charge is 0.294 e. The Balaban J connectivity index is 2.39. The van der Waals surface area contributed by atoms with E-state index in [0.29, 0.717) is 10.7 Å². The van der Waals surface area contributed by atoms with Crippen LogP contribution in [0.4, 0.5) is 11.4 Å². The van der Waals surface area contributed by atoms with Crippen molar-refractivity contribution in [3.63, 3.8) is 0 Å². The molecule has 2 rings (SSSR count). The average Bonchev–Trinajstić information content (AvgIpc) is 2.38. The summed E-state index contributed by atoms with van der Waals surface area (Å²) in [6.07, 6.45) is 2.88.